The first-order chi connectivity index (χ1) is 15.4. The number of carbonyl (C=O) groups excluding carboxylic acids is 3. The fourth-order valence-electron chi connectivity index (χ4n) is 2.97. The van der Waals surface area contributed by atoms with Gasteiger partial charge in [-0.05, 0) is 54.4 Å². The molecule has 0 unspecified atom stereocenters. The van der Waals surface area contributed by atoms with Crippen molar-refractivity contribution in [1.82, 2.24) is 4.90 Å². The minimum Gasteiger partial charge on any atom is -0.459 e. The number of anilines is 3. The van der Waals surface area contributed by atoms with Crippen LogP contribution in [0.15, 0.2) is 71.3 Å². The van der Waals surface area contributed by atoms with Gasteiger partial charge >= 0.3 is 0 Å². The molecular formula is C24H26N4O4. The molecule has 32 heavy (non-hydrogen) atoms. The van der Waals surface area contributed by atoms with Crippen molar-refractivity contribution in [2.24, 2.45) is 0 Å². The summed E-state index contributed by atoms with van der Waals surface area (Å²) in [6.45, 7) is 0.0545. The summed E-state index contributed by atoms with van der Waals surface area (Å²) in [5.41, 5.74) is 2.92. The highest BCUT2D eigenvalue weighted by Crippen LogP contribution is 2.17. The summed E-state index contributed by atoms with van der Waals surface area (Å²) in [6, 6.07) is 17.7. The lowest BCUT2D eigenvalue weighted by molar-refractivity contribution is -0.128. The Morgan fingerprint density at radius 3 is 2.31 bits per heavy atom. The van der Waals surface area contributed by atoms with Crippen LogP contribution >= 0.6 is 0 Å². The van der Waals surface area contributed by atoms with Crippen LogP contribution in [0.1, 0.15) is 22.5 Å². The summed E-state index contributed by atoms with van der Waals surface area (Å²) in [5, 5.41) is 8.64. The third kappa shape index (κ3) is 6.73. The van der Waals surface area contributed by atoms with Gasteiger partial charge in [-0.2, -0.15) is 0 Å². The summed E-state index contributed by atoms with van der Waals surface area (Å²) >= 11 is 0. The van der Waals surface area contributed by atoms with Crippen molar-refractivity contribution in [1.29, 1.82) is 0 Å². The molecule has 0 aliphatic carbocycles. The van der Waals surface area contributed by atoms with Gasteiger partial charge in [-0.25, -0.2) is 0 Å². The van der Waals surface area contributed by atoms with Gasteiger partial charge in [-0.1, -0.05) is 18.2 Å². The van der Waals surface area contributed by atoms with Crippen LogP contribution in [0.4, 0.5) is 17.1 Å². The second kappa shape index (κ2) is 10.8. The molecule has 0 aliphatic heterocycles. The predicted octanol–water partition coefficient (Wildman–Crippen LogP) is 3.60. The molecule has 2 aromatic carbocycles. The smallest absolute Gasteiger partial charge is 0.291 e. The van der Waals surface area contributed by atoms with E-state index in [0.717, 1.165) is 5.56 Å². The van der Waals surface area contributed by atoms with E-state index in [-0.39, 0.29) is 30.0 Å². The molecule has 8 nitrogen and oxygen atoms in total. The summed E-state index contributed by atoms with van der Waals surface area (Å²) in [5.74, 6) is -0.282. The molecule has 8 heteroatoms. The molecule has 0 saturated heterocycles. The van der Waals surface area contributed by atoms with Crippen LogP contribution in [0.5, 0.6) is 0 Å². The van der Waals surface area contributed by atoms with Gasteiger partial charge in [0.1, 0.15) is 0 Å². The third-order valence-corrected chi connectivity index (χ3v) is 4.66. The molecule has 1 aromatic heterocycles. The number of amides is 3. The summed E-state index contributed by atoms with van der Waals surface area (Å²) in [4.78, 5) is 37.8. The van der Waals surface area contributed by atoms with Gasteiger partial charge in [0.05, 0.1) is 12.8 Å². The molecule has 0 atom stereocenters. The van der Waals surface area contributed by atoms with Gasteiger partial charge in [-0.15, -0.1) is 0 Å². The van der Waals surface area contributed by atoms with Crippen molar-refractivity contribution < 1.29 is 18.8 Å². The normalized spacial score (nSPS) is 10.3. The van der Waals surface area contributed by atoms with Crippen molar-refractivity contribution in [2.75, 3.05) is 36.6 Å². The Morgan fingerprint density at radius 2 is 1.59 bits per heavy atom. The fourth-order valence-corrected chi connectivity index (χ4v) is 2.97. The minimum absolute atomic E-state index is 0.0545. The van der Waals surface area contributed by atoms with Crippen LogP contribution < -0.4 is 16.0 Å². The number of hydrogen-bond donors (Lipinski definition) is 3. The lowest BCUT2D eigenvalue weighted by Gasteiger charge is -2.12. The molecule has 3 amide bonds. The van der Waals surface area contributed by atoms with Gasteiger partial charge < -0.3 is 25.3 Å². The van der Waals surface area contributed by atoms with E-state index in [1.165, 1.54) is 6.26 Å². The number of carbonyl (C=O) groups is 3. The Balaban J connectivity index is 1.50. The zero-order valence-electron chi connectivity index (χ0n) is 18.1. The highest BCUT2D eigenvalue weighted by atomic mass is 16.3. The van der Waals surface area contributed by atoms with Crippen LogP contribution in [0, 0.1) is 0 Å². The van der Waals surface area contributed by atoms with Crippen LogP contribution in [-0.4, -0.2) is 43.3 Å². The quantitative estimate of drug-likeness (QED) is 0.477. The molecule has 0 radical (unpaired) electrons. The number of nitrogens with one attached hydrogen (secondary N) is 3. The van der Waals surface area contributed by atoms with Gasteiger partial charge in [0.2, 0.25) is 11.8 Å². The Labute approximate surface area is 186 Å². The third-order valence-electron chi connectivity index (χ3n) is 4.66. The Kier molecular flexibility index (Phi) is 7.64. The Hall–Kier alpha value is -4.07. The molecular weight excluding hydrogens is 408 g/mol. The van der Waals surface area contributed by atoms with Gasteiger partial charge in [0.25, 0.3) is 5.91 Å². The average molecular weight is 434 g/mol. The highest BCUT2D eigenvalue weighted by Gasteiger charge is 2.10. The van der Waals surface area contributed by atoms with E-state index in [1.54, 1.807) is 61.5 Å². The second-order valence-electron chi connectivity index (χ2n) is 7.40. The molecule has 0 fully saturated rings. The Bertz CT molecular complexity index is 1080. The van der Waals surface area contributed by atoms with Crippen molar-refractivity contribution >= 4 is 34.8 Å². The van der Waals surface area contributed by atoms with Crippen LogP contribution in [0.2, 0.25) is 0 Å². The maximum Gasteiger partial charge on any atom is 0.291 e. The highest BCUT2D eigenvalue weighted by molar-refractivity contribution is 6.02. The molecule has 0 spiro atoms. The van der Waals surface area contributed by atoms with E-state index < -0.39 is 0 Å². The maximum atomic E-state index is 12.4. The molecule has 3 aromatic rings. The van der Waals surface area contributed by atoms with E-state index in [2.05, 4.69) is 16.0 Å². The molecule has 3 rings (SSSR count). The number of furan rings is 1. The van der Waals surface area contributed by atoms with Crippen molar-refractivity contribution in [3.63, 3.8) is 0 Å². The van der Waals surface area contributed by atoms with Crippen LogP contribution in [0.25, 0.3) is 0 Å². The molecule has 0 bridgehead atoms. The molecule has 3 N–H and O–H groups in total. The van der Waals surface area contributed by atoms with E-state index in [0.29, 0.717) is 29.9 Å². The van der Waals surface area contributed by atoms with Crippen LogP contribution in [0.3, 0.4) is 0 Å². The Morgan fingerprint density at radius 1 is 0.875 bits per heavy atom. The summed E-state index contributed by atoms with van der Waals surface area (Å²) < 4.78 is 5.08. The van der Waals surface area contributed by atoms with E-state index in [9.17, 15) is 14.4 Å². The van der Waals surface area contributed by atoms with Gasteiger partial charge in [0, 0.05) is 37.6 Å². The summed E-state index contributed by atoms with van der Waals surface area (Å²) in [6.07, 6.45) is 2.46. The van der Waals surface area contributed by atoms with Gasteiger partial charge in [0.15, 0.2) is 5.76 Å². The lowest BCUT2D eigenvalue weighted by atomic mass is 10.1. The van der Waals surface area contributed by atoms with Crippen molar-refractivity contribution in [3.05, 3.63) is 78.3 Å². The molecule has 0 aliphatic rings. The maximum absolute atomic E-state index is 12.4. The number of hydrogen-bond acceptors (Lipinski definition) is 5. The fraction of sp³-hybridized carbons (Fsp3) is 0.208. The standard InChI is InChI=1S/C24H26N4O4/c1-28(2)23(30)12-11-17-6-3-8-19(14-17)26-22(29)16-25-18-7-4-9-20(15-18)27-24(31)21-10-5-13-32-21/h3-10,13-15,25H,11-12,16H2,1-2H3,(H,26,29)(H,27,31). The van der Waals surface area contributed by atoms with Crippen molar-refractivity contribution in [3.8, 4) is 0 Å². The number of rotatable bonds is 9. The first-order valence-corrected chi connectivity index (χ1v) is 10.2. The van der Waals surface area contributed by atoms with Gasteiger partial charge in [-0.3, -0.25) is 14.4 Å². The monoisotopic (exact) mass is 434 g/mol. The summed E-state index contributed by atoms with van der Waals surface area (Å²) in [7, 11) is 3.46. The molecule has 1 heterocycles. The number of nitrogens with zero attached hydrogens (tertiary/aromatic N) is 1. The van der Waals surface area contributed by atoms with E-state index in [4.69, 9.17) is 4.42 Å². The van der Waals surface area contributed by atoms with E-state index >= 15 is 0 Å². The predicted molar refractivity (Wildman–Crippen MR) is 124 cm³/mol. The van der Waals surface area contributed by atoms with Crippen molar-refractivity contribution in [2.45, 2.75) is 12.8 Å². The zero-order chi connectivity index (χ0) is 22.9. The zero-order valence-corrected chi connectivity index (χ0v) is 18.1. The van der Waals surface area contributed by atoms with E-state index in [1.807, 2.05) is 18.2 Å². The topological polar surface area (TPSA) is 104 Å². The lowest BCUT2D eigenvalue weighted by Crippen LogP contribution is -2.22. The first-order valence-electron chi connectivity index (χ1n) is 10.2. The SMILES string of the molecule is CN(C)C(=O)CCc1cccc(NC(=O)CNc2cccc(NC(=O)c3ccco3)c2)c1. The average Bonchev–Trinajstić information content (AvgIpc) is 3.32. The second-order valence-corrected chi connectivity index (χ2v) is 7.40. The minimum atomic E-state index is -0.350. The number of benzene rings is 2. The first kappa shape index (κ1) is 22.6. The largest absolute Gasteiger partial charge is 0.459 e. The molecule has 166 valence electrons. The molecule has 0 saturated carbocycles. The van der Waals surface area contributed by atoms with Crippen LogP contribution in [-0.2, 0) is 16.0 Å². The number of aryl methyl sites for hydroxylation is 1.